The molecule has 0 radical (unpaired) electrons. The monoisotopic (exact) mass is 257 g/mol. The number of piperidine rings is 1. The molecule has 3 atom stereocenters. The molecule has 2 nitrogen and oxygen atoms in total. The summed E-state index contributed by atoms with van der Waals surface area (Å²) in [5.41, 5.74) is 2.78. The van der Waals surface area contributed by atoms with Crippen molar-refractivity contribution in [3.8, 4) is 5.75 Å². The van der Waals surface area contributed by atoms with Gasteiger partial charge in [-0.3, -0.25) is 4.90 Å². The fraction of sp³-hybridized carbons (Fsp3) is 0.529. The van der Waals surface area contributed by atoms with E-state index in [9.17, 15) is 5.11 Å². The normalized spacial score (nSPS) is 30.5. The second kappa shape index (κ2) is 5.01. The number of nitrogens with zero attached hydrogens (tertiary/aromatic N) is 1. The van der Waals surface area contributed by atoms with Gasteiger partial charge < -0.3 is 5.11 Å². The van der Waals surface area contributed by atoms with E-state index in [4.69, 9.17) is 0 Å². The minimum absolute atomic E-state index is 0.405. The van der Waals surface area contributed by atoms with Crippen LogP contribution in [0.3, 0.4) is 0 Å². The van der Waals surface area contributed by atoms with Crippen LogP contribution in [0.25, 0.3) is 0 Å². The van der Waals surface area contributed by atoms with Crippen LogP contribution in [0.1, 0.15) is 36.8 Å². The van der Waals surface area contributed by atoms with Crippen molar-refractivity contribution in [1.29, 1.82) is 0 Å². The molecule has 1 aliphatic heterocycles. The second-order valence-corrected chi connectivity index (χ2v) is 6.03. The molecule has 2 heteroatoms. The Morgan fingerprint density at radius 1 is 1.47 bits per heavy atom. The van der Waals surface area contributed by atoms with Crippen molar-refractivity contribution in [2.24, 2.45) is 5.92 Å². The van der Waals surface area contributed by atoms with Crippen molar-refractivity contribution in [2.45, 2.75) is 38.1 Å². The number of benzene rings is 1. The maximum absolute atomic E-state index is 9.71. The summed E-state index contributed by atoms with van der Waals surface area (Å²) < 4.78 is 0. The molecule has 0 bridgehead atoms. The van der Waals surface area contributed by atoms with Gasteiger partial charge in [0.05, 0.1) is 0 Å². The fourth-order valence-corrected chi connectivity index (χ4v) is 4.06. The third-order valence-corrected chi connectivity index (χ3v) is 5.00. The first-order valence-electron chi connectivity index (χ1n) is 7.37. The molecule has 3 unspecified atom stereocenters. The smallest absolute Gasteiger partial charge is 0.115 e. The molecule has 1 fully saturated rings. The van der Waals surface area contributed by atoms with Gasteiger partial charge in [-0.2, -0.15) is 0 Å². The molecule has 102 valence electrons. The van der Waals surface area contributed by atoms with Gasteiger partial charge in [-0.15, -0.1) is 6.58 Å². The van der Waals surface area contributed by atoms with E-state index in [2.05, 4.69) is 24.5 Å². The summed E-state index contributed by atoms with van der Waals surface area (Å²) in [6, 6.07) is 6.56. The molecule has 19 heavy (non-hydrogen) atoms. The summed E-state index contributed by atoms with van der Waals surface area (Å²) in [7, 11) is 0. The summed E-state index contributed by atoms with van der Waals surface area (Å²) in [6.45, 7) is 8.42. The van der Waals surface area contributed by atoms with E-state index in [-0.39, 0.29) is 0 Å². The highest BCUT2D eigenvalue weighted by Gasteiger charge is 2.39. The van der Waals surface area contributed by atoms with E-state index in [0.29, 0.717) is 17.7 Å². The van der Waals surface area contributed by atoms with Crippen LogP contribution in [-0.4, -0.2) is 29.1 Å². The number of phenols is 1. The second-order valence-electron chi connectivity index (χ2n) is 6.03. The molecule has 1 aliphatic carbocycles. The predicted molar refractivity (Wildman–Crippen MR) is 78.5 cm³/mol. The highest BCUT2D eigenvalue weighted by atomic mass is 16.3. The van der Waals surface area contributed by atoms with Crippen molar-refractivity contribution in [3.63, 3.8) is 0 Å². The Morgan fingerprint density at radius 3 is 3.11 bits per heavy atom. The zero-order valence-corrected chi connectivity index (χ0v) is 11.7. The van der Waals surface area contributed by atoms with E-state index in [1.165, 1.54) is 30.5 Å². The van der Waals surface area contributed by atoms with Gasteiger partial charge in [0.1, 0.15) is 5.75 Å². The van der Waals surface area contributed by atoms with Gasteiger partial charge in [0.25, 0.3) is 0 Å². The average Bonchev–Trinajstić information content (AvgIpc) is 2.41. The van der Waals surface area contributed by atoms with Crippen molar-refractivity contribution in [1.82, 2.24) is 4.90 Å². The van der Waals surface area contributed by atoms with Gasteiger partial charge >= 0.3 is 0 Å². The van der Waals surface area contributed by atoms with Crippen LogP contribution in [-0.2, 0) is 6.42 Å². The first kappa shape index (κ1) is 12.7. The SMILES string of the molecule is C=CCN1CCCC2C(C)c3cc(O)ccc3CC21. The van der Waals surface area contributed by atoms with Gasteiger partial charge in [0, 0.05) is 12.6 Å². The van der Waals surface area contributed by atoms with Gasteiger partial charge in [-0.25, -0.2) is 0 Å². The third-order valence-electron chi connectivity index (χ3n) is 5.00. The van der Waals surface area contributed by atoms with Crippen LogP contribution >= 0.6 is 0 Å². The largest absolute Gasteiger partial charge is 0.508 e. The Kier molecular flexibility index (Phi) is 3.36. The minimum atomic E-state index is 0.405. The third kappa shape index (κ3) is 2.18. The summed E-state index contributed by atoms with van der Waals surface area (Å²) in [4.78, 5) is 2.59. The van der Waals surface area contributed by atoms with Crippen LogP contribution < -0.4 is 0 Å². The highest BCUT2D eigenvalue weighted by molar-refractivity contribution is 5.40. The minimum Gasteiger partial charge on any atom is -0.508 e. The van der Waals surface area contributed by atoms with Crippen LogP contribution in [0, 0.1) is 5.92 Å². The summed E-state index contributed by atoms with van der Waals surface area (Å²) in [6.07, 6.45) is 5.75. The Labute approximate surface area is 115 Å². The molecule has 0 amide bonds. The Morgan fingerprint density at radius 2 is 2.32 bits per heavy atom. The zero-order chi connectivity index (χ0) is 13.4. The van der Waals surface area contributed by atoms with E-state index in [1.807, 2.05) is 18.2 Å². The van der Waals surface area contributed by atoms with E-state index in [0.717, 1.165) is 18.9 Å². The standard InChI is InChI=1S/C17H23NO/c1-3-8-18-9-4-5-15-12(2)16-11-14(19)7-6-13(16)10-17(15)18/h3,6-7,11-12,15,17,19H,1,4-5,8-10H2,2H3. The van der Waals surface area contributed by atoms with Gasteiger partial charge in [-0.1, -0.05) is 19.1 Å². The number of rotatable bonds is 2. The van der Waals surface area contributed by atoms with E-state index < -0.39 is 0 Å². The summed E-state index contributed by atoms with van der Waals surface area (Å²) in [5, 5.41) is 9.71. The van der Waals surface area contributed by atoms with Gasteiger partial charge in [0.2, 0.25) is 0 Å². The number of hydrogen-bond acceptors (Lipinski definition) is 2. The molecule has 1 aromatic rings. The van der Waals surface area contributed by atoms with Crippen molar-refractivity contribution >= 4 is 0 Å². The summed E-state index contributed by atoms with van der Waals surface area (Å²) in [5.74, 6) is 1.68. The maximum atomic E-state index is 9.71. The average molecular weight is 257 g/mol. The lowest BCUT2D eigenvalue weighted by atomic mass is 9.69. The molecule has 1 heterocycles. The first-order chi connectivity index (χ1) is 9.20. The quantitative estimate of drug-likeness (QED) is 0.822. The van der Waals surface area contributed by atoms with Crippen molar-refractivity contribution in [2.75, 3.05) is 13.1 Å². The molecule has 0 aromatic heterocycles. The molecule has 0 spiro atoms. The number of fused-ring (bicyclic) bond motifs is 2. The lowest BCUT2D eigenvalue weighted by Crippen LogP contribution is -2.50. The first-order valence-corrected chi connectivity index (χ1v) is 7.37. The number of likely N-dealkylation sites (tertiary alicyclic amines) is 1. The van der Waals surface area contributed by atoms with Gasteiger partial charge in [0.15, 0.2) is 0 Å². The maximum Gasteiger partial charge on any atom is 0.115 e. The highest BCUT2D eigenvalue weighted by Crippen LogP contribution is 2.43. The molecule has 1 aromatic carbocycles. The lowest BCUT2D eigenvalue weighted by molar-refractivity contribution is 0.0830. The van der Waals surface area contributed by atoms with Crippen LogP contribution in [0.5, 0.6) is 5.75 Å². The topological polar surface area (TPSA) is 23.5 Å². The molecular formula is C17H23NO. The molecule has 0 saturated carbocycles. The molecule has 2 aliphatic rings. The number of hydrogen-bond donors (Lipinski definition) is 1. The fourth-order valence-electron chi connectivity index (χ4n) is 4.06. The van der Waals surface area contributed by atoms with Crippen LogP contribution in [0.2, 0.25) is 0 Å². The van der Waals surface area contributed by atoms with Crippen molar-refractivity contribution in [3.05, 3.63) is 42.0 Å². The molecule has 3 rings (SSSR count). The Bertz CT molecular complexity index is 482. The Balaban J connectivity index is 1.95. The van der Waals surface area contributed by atoms with Crippen LogP contribution in [0.4, 0.5) is 0 Å². The number of phenolic OH excluding ortho intramolecular Hbond substituents is 1. The van der Waals surface area contributed by atoms with Gasteiger partial charge in [-0.05, 0) is 60.9 Å². The van der Waals surface area contributed by atoms with E-state index >= 15 is 0 Å². The molecular weight excluding hydrogens is 234 g/mol. The van der Waals surface area contributed by atoms with Crippen molar-refractivity contribution < 1.29 is 5.11 Å². The Hall–Kier alpha value is -1.28. The molecule has 1 saturated heterocycles. The lowest BCUT2D eigenvalue weighted by Gasteiger charge is -2.47. The molecule has 1 N–H and O–H groups in total. The predicted octanol–water partition coefficient (Wildman–Crippen LogP) is 3.32. The summed E-state index contributed by atoms with van der Waals surface area (Å²) >= 11 is 0. The van der Waals surface area contributed by atoms with Crippen LogP contribution in [0.15, 0.2) is 30.9 Å². The zero-order valence-electron chi connectivity index (χ0n) is 11.7. The number of aromatic hydroxyl groups is 1. The van der Waals surface area contributed by atoms with E-state index in [1.54, 1.807) is 0 Å².